The monoisotopic (exact) mass is 438 g/mol. The molecule has 1 heterocycles. The molecule has 2 N–H and O–H groups in total. The fraction of sp³-hybridized carbons (Fsp3) is 0.667. The Balaban J connectivity index is 0.000000482. The van der Waals surface area contributed by atoms with Gasteiger partial charge in [0.1, 0.15) is 12.1 Å². The second-order valence-corrected chi connectivity index (χ2v) is 7.68. The fourth-order valence-corrected chi connectivity index (χ4v) is 3.07. The van der Waals surface area contributed by atoms with E-state index in [2.05, 4.69) is 17.3 Å². The van der Waals surface area contributed by atoms with Crippen LogP contribution in [0.15, 0.2) is 12.1 Å². The van der Waals surface area contributed by atoms with Gasteiger partial charge in [-0.05, 0) is 90.5 Å². The van der Waals surface area contributed by atoms with E-state index in [1.807, 2.05) is 13.1 Å². The number of nitrogens with zero attached hydrogens (tertiary/aromatic N) is 1. The molecule has 0 saturated carbocycles. The molecule has 0 radical (unpaired) electrons. The van der Waals surface area contributed by atoms with Crippen molar-refractivity contribution in [2.75, 3.05) is 47.9 Å². The summed E-state index contributed by atoms with van der Waals surface area (Å²) >= 11 is 0. The van der Waals surface area contributed by atoms with Crippen LogP contribution in [0.1, 0.15) is 57.4 Å². The van der Waals surface area contributed by atoms with Crippen molar-refractivity contribution < 1.29 is 24.2 Å². The number of Topliss-reactive ketones (excluding diaryl/α,β-unsaturated/α-hetero) is 1. The van der Waals surface area contributed by atoms with Gasteiger partial charge in [0.2, 0.25) is 5.75 Å². The van der Waals surface area contributed by atoms with Gasteiger partial charge in [0.05, 0.1) is 14.2 Å². The molecular formula is C24H42N2O5. The summed E-state index contributed by atoms with van der Waals surface area (Å²) < 4.78 is 10.2. The van der Waals surface area contributed by atoms with Crippen molar-refractivity contribution >= 4 is 12.1 Å². The zero-order valence-electron chi connectivity index (χ0n) is 20.0. The summed E-state index contributed by atoms with van der Waals surface area (Å²) in [7, 11) is 7.12. The molecule has 7 heteroatoms. The van der Waals surface area contributed by atoms with E-state index in [0.29, 0.717) is 24.3 Å². The summed E-state index contributed by atoms with van der Waals surface area (Å²) in [6.45, 7) is 5.09. The first-order valence-electron chi connectivity index (χ1n) is 11.1. The molecular weight excluding hydrogens is 396 g/mol. The van der Waals surface area contributed by atoms with E-state index in [1.54, 1.807) is 20.1 Å². The highest BCUT2D eigenvalue weighted by Gasteiger charge is 2.11. The number of aldehydes is 1. The number of nitrogens with one attached hydrogen (secondary N) is 1. The Bertz CT molecular complexity index is 616. The third kappa shape index (κ3) is 14.5. The zero-order valence-corrected chi connectivity index (χ0v) is 20.0. The minimum atomic E-state index is 0.114. The van der Waals surface area contributed by atoms with Crippen LogP contribution >= 0.6 is 0 Å². The topological polar surface area (TPSA) is 88.1 Å². The van der Waals surface area contributed by atoms with Crippen molar-refractivity contribution in [1.29, 1.82) is 0 Å². The maximum absolute atomic E-state index is 10.4. The summed E-state index contributed by atoms with van der Waals surface area (Å²) in [6, 6.07) is 3.56. The van der Waals surface area contributed by atoms with Crippen LogP contribution in [0.4, 0.5) is 0 Å². The number of hydrogen-bond acceptors (Lipinski definition) is 7. The highest BCUT2D eigenvalue weighted by atomic mass is 16.5. The number of carbonyl (C=O) groups excluding carboxylic acids is 2. The molecule has 31 heavy (non-hydrogen) atoms. The molecule has 0 aromatic heterocycles. The lowest BCUT2D eigenvalue weighted by Crippen LogP contribution is -2.10. The molecule has 1 aliphatic rings. The normalized spacial score (nSPS) is 12.8. The number of ether oxygens (including phenoxy) is 2. The number of likely N-dealkylation sites (N-methyl/N-ethyl adjacent to an activating group) is 1. The van der Waals surface area contributed by atoms with Crippen molar-refractivity contribution in [3.05, 3.63) is 17.7 Å². The lowest BCUT2D eigenvalue weighted by Gasteiger charge is -2.11. The molecule has 1 saturated heterocycles. The maximum atomic E-state index is 10.4. The number of carbonyl (C=O) groups is 2. The van der Waals surface area contributed by atoms with E-state index in [-0.39, 0.29) is 11.5 Å². The Hall–Kier alpha value is -2.12. The molecule has 0 spiro atoms. The van der Waals surface area contributed by atoms with Crippen LogP contribution in [-0.2, 0) is 16.0 Å². The molecule has 0 unspecified atom stereocenters. The standard InChI is InChI=1S/C11H17NO3.C8H14O2.C5H11N/c1-12-5-4-8-6-9(13)11(15-3)10(7-8)14-2;1-8(10)6-4-2-3-5-7-9;1-6-4-2-3-5-6/h6-7,12-13H,4-5H2,1-3H3;7H,2-6H2,1H3;2-5H2,1H3. The first kappa shape index (κ1) is 28.9. The van der Waals surface area contributed by atoms with E-state index in [0.717, 1.165) is 44.1 Å². The van der Waals surface area contributed by atoms with E-state index in [4.69, 9.17) is 9.47 Å². The third-order valence-corrected chi connectivity index (χ3v) is 4.86. The van der Waals surface area contributed by atoms with Crippen molar-refractivity contribution in [3.63, 3.8) is 0 Å². The summed E-state index contributed by atoms with van der Waals surface area (Å²) in [5.41, 5.74) is 1.01. The van der Waals surface area contributed by atoms with Crippen LogP contribution in [0.5, 0.6) is 17.2 Å². The first-order chi connectivity index (χ1) is 14.9. The second-order valence-electron chi connectivity index (χ2n) is 7.68. The van der Waals surface area contributed by atoms with Crippen LogP contribution in [0, 0.1) is 0 Å². The number of phenolic OH excluding ortho intramolecular Hbond substituents is 1. The van der Waals surface area contributed by atoms with Gasteiger partial charge in [-0.3, -0.25) is 0 Å². The van der Waals surface area contributed by atoms with Crippen LogP contribution in [0.25, 0.3) is 0 Å². The SMILES string of the molecule is CC(=O)CCCCCC=O.CN1CCCC1.CNCCc1cc(O)c(OC)c(OC)c1. The van der Waals surface area contributed by atoms with Crippen LogP contribution in [0.2, 0.25) is 0 Å². The molecule has 1 aliphatic heterocycles. The highest BCUT2D eigenvalue weighted by molar-refractivity contribution is 5.75. The predicted octanol–water partition coefficient (Wildman–Crippen LogP) is 3.61. The molecule has 0 amide bonds. The van der Waals surface area contributed by atoms with Crippen LogP contribution in [0.3, 0.4) is 0 Å². The van der Waals surface area contributed by atoms with Gasteiger partial charge in [0.25, 0.3) is 0 Å². The summed E-state index contributed by atoms with van der Waals surface area (Å²) in [5.74, 6) is 1.29. The minimum absolute atomic E-state index is 0.114. The van der Waals surface area contributed by atoms with Gasteiger partial charge in [-0.2, -0.15) is 0 Å². The highest BCUT2D eigenvalue weighted by Crippen LogP contribution is 2.37. The number of phenols is 1. The van der Waals surface area contributed by atoms with Gasteiger partial charge in [-0.1, -0.05) is 6.42 Å². The third-order valence-electron chi connectivity index (χ3n) is 4.86. The molecule has 1 aromatic rings. The Morgan fingerprint density at radius 3 is 2.29 bits per heavy atom. The molecule has 178 valence electrons. The van der Waals surface area contributed by atoms with Crippen LogP contribution in [-0.4, -0.2) is 70.0 Å². The molecule has 2 rings (SSSR count). The summed E-state index contributed by atoms with van der Waals surface area (Å²) in [5, 5.41) is 12.7. The Kier molecular flexibility index (Phi) is 17.4. The van der Waals surface area contributed by atoms with Crippen molar-refractivity contribution in [2.24, 2.45) is 0 Å². The molecule has 0 atom stereocenters. The Labute approximate surface area is 188 Å². The molecule has 0 bridgehead atoms. The van der Waals surface area contributed by atoms with Gasteiger partial charge < -0.3 is 34.4 Å². The molecule has 7 nitrogen and oxygen atoms in total. The van der Waals surface area contributed by atoms with E-state index < -0.39 is 0 Å². The average molecular weight is 439 g/mol. The van der Waals surface area contributed by atoms with Crippen molar-refractivity contribution in [3.8, 4) is 17.2 Å². The minimum Gasteiger partial charge on any atom is -0.504 e. The Morgan fingerprint density at radius 1 is 1.16 bits per heavy atom. The lowest BCUT2D eigenvalue weighted by atomic mass is 10.1. The van der Waals surface area contributed by atoms with Gasteiger partial charge in [-0.15, -0.1) is 0 Å². The number of hydrogen-bond donors (Lipinski definition) is 2. The van der Waals surface area contributed by atoms with Gasteiger partial charge >= 0.3 is 0 Å². The Morgan fingerprint density at radius 2 is 1.84 bits per heavy atom. The largest absolute Gasteiger partial charge is 0.504 e. The predicted molar refractivity (Wildman–Crippen MR) is 125 cm³/mol. The maximum Gasteiger partial charge on any atom is 0.203 e. The number of unbranched alkanes of at least 4 members (excludes halogenated alkanes) is 3. The lowest BCUT2D eigenvalue weighted by molar-refractivity contribution is -0.117. The smallest absolute Gasteiger partial charge is 0.203 e. The average Bonchev–Trinajstić information content (AvgIpc) is 3.23. The van der Waals surface area contributed by atoms with Crippen molar-refractivity contribution in [1.82, 2.24) is 10.2 Å². The molecule has 0 aliphatic carbocycles. The molecule has 1 aromatic carbocycles. The second kappa shape index (κ2) is 18.6. The quantitative estimate of drug-likeness (QED) is 0.403. The number of aromatic hydroxyl groups is 1. The number of likely N-dealkylation sites (tertiary alicyclic amines) is 1. The van der Waals surface area contributed by atoms with E-state index in [1.165, 1.54) is 33.0 Å². The van der Waals surface area contributed by atoms with Crippen molar-refractivity contribution in [2.45, 2.75) is 58.3 Å². The van der Waals surface area contributed by atoms with Gasteiger partial charge in [0, 0.05) is 12.8 Å². The van der Waals surface area contributed by atoms with Gasteiger partial charge in [0.15, 0.2) is 11.5 Å². The van der Waals surface area contributed by atoms with Gasteiger partial charge in [-0.25, -0.2) is 0 Å². The fourth-order valence-electron chi connectivity index (χ4n) is 3.07. The molecule has 1 fully saturated rings. The first-order valence-corrected chi connectivity index (χ1v) is 11.1. The van der Waals surface area contributed by atoms with E-state index in [9.17, 15) is 14.7 Å². The number of rotatable bonds is 11. The summed E-state index contributed by atoms with van der Waals surface area (Å²) in [4.78, 5) is 22.6. The van der Waals surface area contributed by atoms with E-state index >= 15 is 0 Å². The van der Waals surface area contributed by atoms with Crippen LogP contribution < -0.4 is 14.8 Å². The number of ketones is 1. The number of benzene rings is 1. The summed E-state index contributed by atoms with van der Waals surface area (Å²) in [6.07, 6.45) is 8.75. The number of methoxy groups -OCH3 is 2. The zero-order chi connectivity index (χ0) is 23.5.